The second-order valence-corrected chi connectivity index (χ2v) is 5.21. The van der Waals surface area contributed by atoms with Crippen LogP contribution in [0.1, 0.15) is 5.56 Å². The molecule has 3 N–H and O–H groups in total. The maximum atomic E-state index is 13.1. The number of amidine groups is 1. The van der Waals surface area contributed by atoms with Crippen LogP contribution in [0.5, 0.6) is 0 Å². The van der Waals surface area contributed by atoms with Gasteiger partial charge in [0.1, 0.15) is 17.4 Å². The van der Waals surface area contributed by atoms with Crippen LogP contribution in [-0.4, -0.2) is 20.0 Å². The molecule has 0 aromatic heterocycles. The molecule has 0 heterocycles. The van der Waals surface area contributed by atoms with E-state index in [0.29, 0.717) is 0 Å². The van der Waals surface area contributed by atoms with Crippen LogP contribution in [0.25, 0.3) is 0 Å². The van der Waals surface area contributed by atoms with Gasteiger partial charge >= 0.3 is 0 Å². The molecule has 0 spiro atoms. The minimum Gasteiger partial charge on any atom is -0.387 e. The van der Waals surface area contributed by atoms with E-state index < -0.39 is 33.0 Å². The first-order valence-corrected chi connectivity index (χ1v) is 5.99. The average Bonchev–Trinajstić information content (AvgIpc) is 2.06. The maximum Gasteiger partial charge on any atom is 0.161 e. The average molecular weight is 230 g/mol. The van der Waals surface area contributed by atoms with Crippen molar-refractivity contribution in [3.05, 3.63) is 35.6 Å². The molecule has 0 unspecified atom stereocenters. The van der Waals surface area contributed by atoms with Gasteiger partial charge in [-0.3, -0.25) is 5.41 Å². The Bertz CT molecular complexity index is 471. The number of sulfone groups is 1. The molecule has 0 aliphatic heterocycles. The van der Waals surface area contributed by atoms with Gasteiger partial charge in [-0.2, -0.15) is 0 Å². The standard InChI is InChI=1S/C9H11FN2O2S/c10-8-4-2-1-3-7(8)5-15(13,14)6-9(11)12/h1-4H,5-6H2,(H3,11,12). The van der Waals surface area contributed by atoms with Crippen molar-refractivity contribution in [3.63, 3.8) is 0 Å². The molecule has 4 nitrogen and oxygen atoms in total. The Balaban J connectivity index is 2.87. The van der Waals surface area contributed by atoms with Gasteiger partial charge < -0.3 is 5.73 Å². The smallest absolute Gasteiger partial charge is 0.161 e. The number of rotatable bonds is 4. The lowest BCUT2D eigenvalue weighted by Gasteiger charge is -2.04. The summed E-state index contributed by atoms with van der Waals surface area (Å²) in [5.74, 6) is -1.98. The zero-order valence-electron chi connectivity index (χ0n) is 7.90. The third kappa shape index (κ3) is 3.67. The van der Waals surface area contributed by atoms with Gasteiger partial charge in [0.05, 0.1) is 5.75 Å². The van der Waals surface area contributed by atoms with E-state index in [4.69, 9.17) is 11.1 Å². The molecule has 0 amide bonds. The Hall–Kier alpha value is -1.43. The van der Waals surface area contributed by atoms with Gasteiger partial charge in [-0.15, -0.1) is 0 Å². The Morgan fingerprint density at radius 2 is 2.00 bits per heavy atom. The number of nitrogens with two attached hydrogens (primary N) is 1. The van der Waals surface area contributed by atoms with Crippen LogP contribution in [-0.2, 0) is 15.6 Å². The van der Waals surface area contributed by atoms with Crippen molar-refractivity contribution in [2.75, 3.05) is 5.75 Å². The van der Waals surface area contributed by atoms with E-state index in [1.165, 1.54) is 18.2 Å². The Morgan fingerprint density at radius 3 is 2.53 bits per heavy atom. The second-order valence-electron chi connectivity index (χ2n) is 3.15. The van der Waals surface area contributed by atoms with Gasteiger partial charge in [-0.05, 0) is 6.07 Å². The molecule has 0 saturated heterocycles. The van der Waals surface area contributed by atoms with E-state index in [0.717, 1.165) is 0 Å². The van der Waals surface area contributed by atoms with E-state index in [9.17, 15) is 12.8 Å². The summed E-state index contributed by atoms with van der Waals surface area (Å²) in [6.45, 7) is 0. The first-order valence-electron chi connectivity index (χ1n) is 4.17. The van der Waals surface area contributed by atoms with Crippen molar-refractivity contribution >= 4 is 15.7 Å². The minimum absolute atomic E-state index is 0.0961. The van der Waals surface area contributed by atoms with Gasteiger partial charge in [0.25, 0.3) is 0 Å². The highest BCUT2D eigenvalue weighted by atomic mass is 32.2. The van der Waals surface area contributed by atoms with Crippen LogP contribution >= 0.6 is 0 Å². The lowest BCUT2D eigenvalue weighted by molar-refractivity contribution is 0.590. The van der Waals surface area contributed by atoms with Crippen LogP contribution in [0.4, 0.5) is 4.39 Å². The lowest BCUT2D eigenvalue weighted by Crippen LogP contribution is -2.23. The summed E-state index contributed by atoms with van der Waals surface area (Å²) in [6, 6.07) is 5.63. The Labute approximate surface area is 87.3 Å². The third-order valence-electron chi connectivity index (χ3n) is 1.71. The van der Waals surface area contributed by atoms with Gasteiger partial charge in [-0.1, -0.05) is 18.2 Å². The first kappa shape index (κ1) is 11.6. The van der Waals surface area contributed by atoms with Crippen molar-refractivity contribution < 1.29 is 12.8 Å². The predicted octanol–water partition coefficient (Wildman–Crippen LogP) is 0.676. The van der Waals surface area contributed by atoms with Crippen molar-refractivity contribution in [2.24, 2.45) is 5.73 Å². The topological polar surface area (TPSA) is 84.0 Å². The van der Waals surface area contributed by atoms with E-state index in [2.05, 4.69) is 0 Å². The molecule has 0 aliphatic rings. The van der Waals surface area contributed by atoms with Gasteiger partial charge in [0, 0.05) is 5.56 Å². The van der Waals surface area contributed by atoms with E-state index in [1.807, 2.05) is 0 Å². The number of hydrogen-bond acceptors (Lipinski definition) is 3. The van der Waals surface area contributed by atoms with E-state index >= 15 is 0 Å². The molecular weight excluding hydrogens is 219 g/mol. The fourth-order valence-electron chi connectivity index (χ4n) is 1.14. The summed E-state index contributed by atoms with van der Waals surface area (Å²) in [5.41, 5.74) is 5.08. The van der Waals surface area contributed by atoms with Crippen LogP contribution in [0.15, 0.2) is 24.3 Å². The Kier molecular flexibility index (Phi) is 3.41. The zero-order chi connectivity index (χ0) is 11.5. The molecule has 1 aromatic rings. The molecule has 0 fully saturated rings. The molecule has 6 heteroatoms. The van der Waals surface area contributed by atoms with Crippen LogP contribution < -0.4 is 5.73 Å². The van der Waals surface area contributed by atoms with Crippen molar-refractivity contribution in [3.8, 4) is 0 Å². The quantitative estimate of drug-likeness (QED) is 0.589. The molecule has 0 atom stereocenters. The largest absolute Gasteiger partial charge is 0.387 e. The summed E-state index contributed by atoms with van der Waals surface area (Å²) >= 11 is 0. The van der Waals surface area contributed by atoms with E-state index in [1.54, 1.807) is 6.07 Å². The van der Waals surface area contributed by atoms with Crippen molar-refractivity contribution in [1.29, 1.82) is 5.41 Å². The number of nitrogens with one attached hydrogen (secondary N) is 1. The van der Waals surface area contributed by atoms with Gasteiger partial charge in [0.2, 0.25) is 0 Å². The Morgan fingerprint density at radius 1 is 1.40 bits per heavy atom. The molecule has 0 saturated carbocycles. The highest BCUT2D eigenvalue weighted by Gasteiger charge is 2.15. The predicted molar refractivity (Wildman–Crippen MR) is 55.8 cm³/mol. The highest BCUT2D eigenvalue weighted by molar-refractivity contribution is 7.91. The molecule has 82 valence electrons. The summed E-state index contributed by atoms with van der Waals surface area (Å²) in [4.78, 5) is 0. The van der Waals surface area contributed by atoms with Crippen LogP contribution in [0, 0.1) is 11.2 Å². The second kappa shape index (κ2) is 4.39. The number of hydrogen-bond donors (Lipinski definition) is 2. The summed E-state index contributed by atoms with van der Waals surface area (Å²) < 4.78 is 35.9. The molecule has 0 bridgehead atoms. The fraction of sp³-hybridized carbons (Fsp3) is 0.222. The SMILES string of the molecule is N=C(N)CS(=O)(=O)Cc1ccccc1F. The molecule has 15 heavy (non-hydrogen) atoms. The summed E-state index contributed by atoms with van der Waals surface area (Å²) in [5, 5.41) is 6.87. The van der Waals surface area contributed by atoms with Crippen molar-refractivity contribution in [1.82, 2.24) is 0 Å². The third-order valence-corrected chi connectivity index (χ3v) is 3.21. The molecular formula is C9H11FN2O2S. The number of benzene rings is 1. The normalized spacial score (nSPS) is 11.3. The number of halogens is 1. The first-order chi connectivity index (χ1) is 6.91. The lowest BCUT2D eigenvalue weighted by atomic mass is 10.2. The summed E-state index contributed by atoms with van der Waals surface area (Å²) in [6.07, 6.45) is 0. The summed E-state index contributed by atoms with van der Waals surface area (Å²) in [7, 11) is -3.55. The minimum atomic E-state index is -3.55. The molecule has 1 rings (SSSR count). The van der Waals surface area contributed by atoms with Crippen molar-refractivity contribution in [2.45, 2.75) is 5.75 Å². The monoisotopic (exact) mass is 230 g/mol. The van der Waals surface area contributed by atoms with Gasteiger partial charge in [0.15, 0.2) is 9.84 Å². The van der Waals surface area contributed by atoms with Crippen LogP contribution in [0.2, 0.25) is 0 Å². The highest BCUT2D eigenvalue weighted by Crippen LogP contribution is 2.10. The van der Waals surface area contributed by atoms with Crippen LogP contribution in [0.3, 0.4) is 0 Å². The molecule has 0 aliphatic carbocycles. The molecule has 0 radical (unpaired) electrons. The zero-order valence-corrected chi connectivity index (χ0v) is 8.72. The maximum absolute atomic E-state index is 13.1. The molecule has 1 aromatic carbocycles. The van der Waals surface area contributed by atoms with E-state index in [-0.39, 0.29) is 5.56 Å². The van der Waals surface area contributed by atoms with Gasteiger partial charge in [-0.25, -0.2) is 12.8 Å². The fourth-order valence-corrected chi connectivity index (χ4v) is 2.42.